The number of hydrogen-bond donors (Lipinski definition) is 0. The van der Waals surface area contributed by atoms with Gasteiger partial charge in [0.05, 0.1) is 4.20 Å². The van der Waals surface area contributed by atoms with Gasteiger partial charge in [-0.1, -0.05) is 0 Å². The summed E-state index contributed by atoms with van der Waals surface area (Å²) in [5.41, 5.74) is 0. The van der Waals surface area contributed by atoms with E-state index in [1.54, 1.807) is 0 Å². The first-order valence-corrected chi connectivity index (χ1v) is 3.74. The summed E-state index contributed by atoms with van der Waals surface area (Å²) >= 11 is 0. The fourth-order valence-electron chi connectivity index (χ4n) is 0.558. The molecule has 1 aromatic carbocycles. The third-order valence-electron chi connectivity index (χ3n) is 1.03. The van der Waals surface area contributed by atoms with Gasteiger partial charge in [0.15, 0.2) is 0 Å². The van der Waals surface area contributed by atoms with Gasteiger partial charge in [-0.05, 0) is 28.8 Å². The zero-order valence-corrected chi connectivity index (χ0v) is 5.82. The van der Waals surface area contributed by atoms with Gasteiger partial charge in [0.25, 0.3) is 0 Å². The van der Waals surface area contributed by atoms with Crippen molar-refractivity contribution in [3.63, 3.8) is 0 Å². The highest BCUT2D eigenvalue weighted by Gasteiger charge is 2.17. The first kappa shape index (κ1) is 7.29. The SMILES string of the molecule is O=[P+](F)c1ccc(F)cc1. The van der Waals surface area contributed by atoms with Crippen LogP contribution in [0.2, 0.25) is 0 Å². The molecule has 4 heteroatoms. The molecule has 0 aliphatic carbocycles. The summed E-state index contributed by atoms with van der Waals surface area (Å²) in [6.45, 7) is 0. The third-order valence-corrected chi connectivity index (χ3v) is 1.73. The Morgan fingerprint density at radius 3 is 2.10 bits per heavy atom. The average molecular weight is 161 g/mol. The molecule has 0 bridgehead atoms. The molecular weight excluding hydrogens is 157 g/mol. The highest BCUT2D eigenvalue weighted by molar-refractivity contribution is 7.47. The number of hydrogen-bond acceptors (Lipinski definition) is 1. The van der Waals surface area contributed by atoms with Crippen LogP contribution in [0.5, 0.6) is 0 Å². The molecule has 0 saturated heterocycles. The summed E-state index contributed by atoms with van der Waals surface area (Å²) in [6, 6.07) is 4.46. The summed E-state index contributed by atoms with van der Waals surface area (Å²) in [7, 11) is -2.82. The molecule has 0 radical (unpaired) electrons. The molecule has 0 aromatic heterocycles. The normalized spacial score (nSPS) is 11.2. The van der Waals surface area contributed by atoms with Gasteiger partial charge in [0.2, 0.25) is 5.30 Å². The Labute approximate surface area is 57.6 Å². The van der Waals surface area contributed by atoms with Gasteiger partial charge in [0, 0.05) is 0 Å². The van der Waals surface area contributed by atoms with E-state index in [9.17, 15) is 13.2 Å². The zero-order valence-electron chi connectivity index (χ0n) is 4.92. The monoisotopic (exact) mass is 161 g/mol. The maximum Gasteiger partial charge on any atom is 0.597 e. The summed E-state index contributed by atoms with van der Waals surface area (Å²) < 4.78 is 34.2. The van der Waals surface area contributed by atoms with E-state index in [4.69, 9.17) is 0 Å². The number of rotatable bonds is 1. The van der Waals surface area contributed by atoms with Crippen LogP contribution in [0.3, 0.4) is 0 Å². The van der Waals surface area contributed by atoms with Gasteiger partial charge >= 0.3 is 8.11 Å². The smallest absolute Gasteiger partial charge is 0.207 e. The van der Waals surface area contributed by atoms with Crippen molar-refractivity contribution in [3.8, 4) is 0 Å². The molecular formula is C6H4F2OP+. The van der Waals surface area contributed by atoms with Crippen molar-refractivity contribution in [1.82, 2.24) is 0 Å². The molecule has 0 spiro atoms. The first-order valence-electron chi connectivity index (χ1n) is 2.59. The Bertz CT molecular complexity index is 244. The van der Waals surface area contributed by atoms with Crippen LogP contribution in [0, 0.1) is 5.82 Å². The van der Waals surface area contributed by atoms with E-state index >= 15 is 0 Å². The summed E-state index contributed by atoms with van der Waals surface area (Å²) in [5, 5.41) is 0.0244. The summed E-state index contributed by atoms with van der Waals surface area (Å²) in [5.74, 6) is -0.458. The third kappa shape index (κ3) is 1.58. The van der Waals surface area contributed by atoms with Crippen molar-refractivity contribution in [1.29, 1.82) is 0 Å². The molecule has 1 aromatic rings. The molecule has 1 unspecified atom stereocenters. The maximum atomic E-state index is 12.1. The molecule has 0 heterocycles. The van der Waals surface area contributed by atoms with Crippen molar-refractivity contribution < 1.29 is 13.2 Å². The van der Waals surface area contributed by atoms with Crippen LogP contribution < -0.4 is 5.30 Å². The van der Waals surface area contributed by atoms with Crippen LogP contribution in [0.25, 0.3) is 0 Å². The van der Waals surface area contributed by atoms with E-state index in [1.165, 1.54) is 0 Å². The van der Waals surface area contributed by atoms with E-state index < -0.39 is 13.9 Å². The molecule has 52 valence electrons. The Hall–Kier alpha value is -0.820. The Morgan fingerprint density at radius 2 is 1.70 bits per heavy atom. The van der Waals surface area contributed by atoms with Gasteiger partial charge in [-0.25, -0.2) is 4.39 Å². The predicted octanol–water partition coefficient (Wildman–Crippen LogP) is 2.16. The summed E-state index contributed by atoms with van der Waals surface area (Å²) in [4.78, 5) is 0. The minimum absolute atomic E-state index is 0.0244. The maximum absolute atomic E-state index is 12.1. The van der Waals surface area contributed by atoms with Crippen LogP contribution in [0.15, 0.2) is 24.3 Å². The van der Waals surface area contributed by atoms with Gasteiger partial charge in [0.1, 0.15) is 5.82 Å². The van der Waals surface area contributed by atoms with E-state index in [0.717, 1.165) is 24.3 Å². The Balaban J connectivity index is 3.00. The lowest BCUT2D eigenvalue weighted by Crippen LogP contribution is -1.91. The van der Waals surface area contributed by atoms with Crippen molar-refractivity contribution in [2.75, 3.05) is 0 Å². The second kappa shape index (κ2) is 2.84. The topological polar surface area (TPSA) is 17.1 Å². The van der Waals surface area contributed by atoms with Gasteiger partial charge in [-0.2, -0.15) is 0 Å². The van der Waals surface area contributed by atoms with Crippen molar-refractivity contribution in [2.24, 2.45) is 0 Å². The quantitative estimate of drug-likeness (QED) is 0.577. The second-order valence-corrected chi connectivity index (χ2v) is 2.73. The molecule has 0 N–H and O–H groups in total. The molecule has 1 atom stereocenters. The van der Waals surface area contributed by atoms with Crippen LogP contribution in [-0.2, 0) is 4.57 Å². The lowest BCUT2D eigenvalue weighted by molar-refractivity contribution is 0.567. The fourth-order valence-corrected chi connectivity index (χ4v) is 0.942. The average Bonchev–Trinajstić information content (AvgIpc) is 1.88. The van der Waals surface area contributed by atoms with Crippen LogP contribution in [-0.4, -0.2) is 0 Å². The van der Waals surface area contributed by atoms with E-state index in [-0.39, 0.29) is 5.30 Å². The lowest BCUT2D eigenvalue weighted by atomic mass is 10.4. The van der Waals surface area contributed by atoms with Crippen LogP contribution in [0.4, 0.5) is 8.59 Å². The van der Waals surface area contributed by atoms with Gasteiger partial charge in [-0.3, -0.25) is 0 Å². The molecule has 0 fully saturated rings. The molecule has 10 heavy (non-hydrogen) atoms. The number of benzene rings is 1. The largest absolute Gasteiger partial charge is 0.597 e. The van der Waals surface area contributed by atoms with E-state index in [0.29, 0.717) is 0 Å². The van der Waals surface area contributed by atoms with Gasteiger partial charge in [-0.15, -0.1) is 0 Å². The molecule has 1 rings (SSSR count). The predicted molar refractivity (Wildman–Crippen MR) is 34.7 cm³/mol. The highest BCUT2D eigenvalue weighted by Crippen LogP contribution is 2.19. The molecule has 0 aliphatic heterocycles. The minimum Gasteiger partial charge on any atom is -0.207 e. The number of halogens is 2. The minimum atomic E-state index is -2.82. The summed E-state index contributed by atoms with van der Waals surface area (Å²) in [6.07, 6.45) is 0. The fraction of sp³-hybridized carbons (Fsp3) is 0. The van der Waals surface area contributed by atoms with E-state index in [1.807, 2.05) is 0 Å². The highest BCUT2D eigenvalue weighted by atomic mass is 31.1. The van der Waals surface area contributed by atoms with Crippen molar-refractivity contribution >= 4 is 13.4 Å². The van der Waals surface area contributed by atoms with Crippen molar-refractivity contribution in [2.45, 2.75) is 0 Å². The Morgan fingerprint density at radius 1 is 1.20 bits per heavy atom. The zero-order chi connectivity index (χ0) is 7.56. The lowest BCUT2D eigenvalue weighted by Gasteiger charge is -1.81. The molecule has 0 saturated carbocycles. The molecule has 1 nitrogen and oxygen atoms in total. The standard InChI is InChI=1S/C6H4F2OP/c7-5-1-3-6(4-2-5)10(8)9/h1-4H/q+1. The Kier molecular flexibility index (Phi) is 2.07. The first-order chi connectivity index (χ1) is 4.70. The van der Waals surface area contributed by atoms with Crippen LogP contribution in [0.1, 0.15) is 0 Å². The second-order valence-electron chi connectivity index (χ2n) is 1.72. The molecule has 0 aliphatic rings. The molecule has 0 amide bonds. The van der Waals surface area contributed by atoms with Gasteiger partial charge < -0.3 is 0 Å². The van der Waals surface area contributed by atoms with Crippen molar-refractivity contribution in [3.05, 3.63) is 30.1 Å². The van der Waals surface area contributed by atoms with E-state index in [2.05, 4.69) is 0 Å². The van der Waals surface area contributed by atoms with Crippen LogP contribution >= 0.6 is 8.11 Å².